The molecule has 0 aromatic rings. The standard InChI is InChI=1S/C11H20BF3N.K/c1-11(12(13,14)15)10-16-8-6-4-2-3-5-7-9-16;/h1-10H2;/q-1;+1. The van der Waals surface area contributed by atoms with Gasteiger partial charge in [0.1, 0.15) is 0 Å². The van der Waals surface area contributed by atoms with Crippen molar-refractivity contribution in [3.8, 4) is 0 Å². The zero-order valence-electron chi connectivity index (χ0n) is 10.7. The van der Waals surface area contributed by atoms with Gasteiger partial charge in [-0.1, -0.05) is 25.7 Å². The summed E-state index contributed by atoms with van der Waals surface area (Å²) in [4.78, 5) is 1.91. The second kappa shape index (κ2) is 9.15. The predicted octanol–water partition coefficient (Wildman–Crippen LogP) is 0.589. The van der Waals surface area contributed by atoms with E-state index < -0.39 is 12.4 Å². The van der Waals surface area contributed by atoms with Gasteiger partial charge in [-0.2, -0.15) is 0 Å². The van der Waals surface area contributed by atoms with E-state index in [2.05, 4.69) is 6.58 Å². The first-order valence-electron chi connectivity index (χ1n) is 6.10. The minimum absolute atomic E-state index is 0. The van der Waals surface area contributed by atoms with Crippen LogP contribution < -0.4 is 51.4 Å². The van der Waals surface area contributed by atoms with Crippen LogP contribution in [-0.4, -0.2) is 31.5 Å². The number of nitrogens with zero attached hydrogens (tertiary/aromatic N) is 1. The van der Waals surface area contributed by atoms with E-state index in [9.17, 15) is 12.9 Å². The van der Waals surface area contributed by atoms with Gasteiger partial charge in [0, 0.05) is 0 Å². The van der Waals surface area contributed by atoms with Crippen LogP contribution in [0.25, 0.3) is 0 Å². The summed E-state index contributed by atoms with van der Waals surface area (Å²) in [6, 6.07) is 0. The molecule has 1 saturated heterocycles. The summed E-state index contributed by atoms with van der Waals surface area (Å²) in [5, 5.41) is 0. The topological polar surface area (TPSA) is 3.24 Å². The van der Waals surface area contributed by atoms with Crippen LogP contribution in [0, 0.1) is 0 Å². The summed E-state index contributed by atoms with van der Waals surface area (Å²) in [6.07, 6.45) is 6.74. The predicted molar refractivity (Wildman–Crippen MR) is 62.4 cm³/mol. The van der Waals surface area contributed by atoms with E-state index >= 15 is 0 Å². The van der Waals surface area contributed by atoms with Crippen molar-refractivity contribution < 1.29 is 64.3 Å². The van der Waals surface area contributed by atoms with E-state index in [0.717, 1.165) is 38.8 Å². The molecule has 1 rings (SSSR count). The molecule has 1 fully saturated rings. The van der Waals surface area contributed by atoms with Gasteiger partial charge in [0.15, 0.2) is 0 Å². The summed E-state index contributed by atoms with van der Waals surface area (Å²) in [5.74, 6) is 0. The van der Waals surface area contributed by atoms with E-state index in [4.69, 9.17) is 0 Å². The van der Waals surface area contributed by atoms with Gasteiger partial charge >= 0.3 is 58.4 Å². The molecule has 0 unspecified atom stereocenters. The second-order valence-electron chi connectivity index (χ2n) is 4.63. The normalized spacial score (nSPS) is 19.7. The molecular formula is C11H20BF3KN. The van der Waals surface area contributed by atoms with Crippen molar-refractivity contribution in [3.05, 3.63) is 12.1 Å². The fraction of sp³-hybridized carbons (Fsp3) is 0.818. The number of halogens is 3. The quantitative estimate of drug-likeness (QED) is 0.680. The van der Waals surface area contributed by atoms with Crippen LogP contribution in [0.4, 0.5) is 12.9 Å². The molecule has 1 aliphatic heterocycles. The number of rotatable bonds is 3. The van der Waals surface area contributed by atoms with Crippen molar-refractivity contribution in [2.75, 3.05) is 19.6 Å². The van der Waals surface area contributed by atoms with E-state index in [-0.39, 0.29) is 57.9 Å². The largest absolute Gasteiger partial charge is 1.00 e. The van der Waals surface area contributed by atoms with Gasteiger partial charge in [-0.25, -0.2) is 0 Å². The van der Waals surface area contributed by atoms with Gasteiger partial charge in [-0.15, -0.1) is 12.1 Å². The molecule has 0 aromatic carbocycles. The Bertz CT molecular complexity index is 223. The molecule has 0 aliphatic carbocycles. The van der Waals surface area contributed by atoms with Crippen LogP contribution in [0.2, 0.25) is 0 Å². The Morgan fingerprint density at radius 3 is 1.76 bits per heavy atom. The van der Waals surface area contributed by atoms with Gasteiger partial charge in [-0.05, 0) is 32.5 Å². The molecule has 0 radical (unpaired) electrons. The van der Waals surface area contributed by atoms with Crippen molar-refractivity contribution in [1.29, 1.82) is 0 Å². The Morgan fingerprint density at radius 1 is 0.941 bits per heavy atom. The summed E-state index contributed by atoms with van der Waals surface area (Å²) in [6.45, 7) is -0.133. The molecule has 6 heteroatoms. The summed E-state index contributed by atoms with van der Waals surface area (Å²) in [5.41, 5.74) is -0.556. The van der Waals surface area contributed by atoms with Gasteiger partial charge < -0.3 is 17.8 Å². The summed E-state index contributed by atoms with van der Waals surface area (Å²) >= 11 is 0. The average molecular weight is 273 g/mol. The first-order chi connectivity index (χ1) is 7.50. The van der Waals surface area contributed by atoms with Crippen molar-refractivity contribution in [2.45, 2.75) is 38.5 Å². The van der Waals surface area contributed by atoms with E-state index in [0.29, 0.717) is 0 Å². The maximum atomic E-state index is 12.4. The number of hydrogen-bond acceptors (Lipinski definition) is 1. The van der Waals surface area contributed by atoms with Gasteiger partial charge in [0.25, 0.3) is 0 Å². The molecule has 0 bridgehead atoms. The molecule has 0 N–H and O–H groups in total. The Kier molecular flexibility index (Phi) is 9.79. The van der Waals surface area contributed by atoms with Crippen LogP contribution in [0.3, 0.4) is 0 Å². The van der Waals surface area contributed by atoms with E-state index in [1.54, 1.807) is 0 Å². The molecule has 0 amide bonds. The SMILES string of the molecule is C=C(CN1CCCCCCCC1)[B-](F)(F)F.[K+]. The Hall–Kier alpha value is 1.19. The van der Waals surface area contributed by atoms with Gasteiger partial charge in [0.2, 0.25) is 0 Å². The molecule has 0 atom stereocenters. The van der Waals surface area contributed by atoms with Gasteiger partial charge in [0.05, 0.1) is 0 Å². The maximum Gasteiger partial charge on any atom is 1.00 e. The Morgan fingerprint density at radius 2 is 1.35 bits per heavy atom. The Balaban J connectivity index is 0.00000256. The molecule has 0 aromatic heterocycles. The third-order valence-electron chi connectivity index (χ3n) is 3.09. The van der Waals surface area contributed by atoms with Crippen LogP contribution in [0.5, 0.6) is 0 Å². The molecule has 17 heavy (non-hydrogen) atoms. The van der Waals surface area contributed by atoms with Crippen LogP contribution in [0.15, 0.2) is 12.1 Å². The Labute approximate surface area is 145 Å². The van der Waals surface area contributed by atoms with E-state index in [1.807, 2.05) is 4.90 Å². The van der Waals surface area contributed by atoms with Crippen LogP contribution in [-0.2, 0) is 0 Å². The molecule has 1 nitrogen and oxygen atoms in total. The fourth-order valence-corrected chi connectivity index (χ4v) is 2.04. The van der Waals surface area contributed by atoms with Crippen molar-refractivity contribution >= 4 is 6.98 Å². The first-order valence-corrected chi connectivity index (χ1v) is 6.10. The molecular weight excluding hydrogens is 253 g/mol. The zero-order chi connectivity index (χ0) is 12.0. The van der Waals surface area contributed by atoms with E-state index in [1.165, 1.54) is 12.8 Å². The fourth-order valence-electron chi connectivity index (χ4n) is 2.04. The smallest absolute Gasteiger partial charge is 0.445 e. The van der Waals surface area contributed by atoms with Crippen molar-refractivity contribution in [1.82, 2.24) is 4.90 Å². The summed E-state index contributed by atoms with van der Waals surface area (Å²) < 4.78 is 37.2. The van der Waals surface area contributed by atoms with Crippen LogP contribution >= 0.6 is 0 Å². The maximum absolute atomic E-state index is 12.4. The molecule has 0 spiro atoms. The minimum atomic E-state index is -4.86. The zero-order valence-corrected chi connectivity index (χ0v) is 13.9. The molecule has 94 valence electrons. The first kappa shape index (κ1) is 18.2. The molecule has 1 aliphatic rings. The number of hydrogen-bond donors (Lipinski definition) is 0. The van der Waals surface area contributed by atoms with Crippen molar-refractivity contribution in [3.63, 3.8) is 0 Å². The second-order valence-corrected chi connectivity index (χ2v) is 4.63. The van der Waals surface area contributed by atoms with Gasteiger partial charge in [-0.3, -0.25) is 0 Å². The summed E-state index contributed by atoms with van der Waals surface area (Å²) in [7, 11) is 0. The van der Waals surface area contributed by atoms with Crippen LogP contribution in [0.1, 0.15) is 38.5 Å². The third-order valence-corrected chi connectivity index (χ3v) is 3.09. The third kappa shape index (κ3) is 8.06. The molecule has 0 saturated carbocycles. The monoisotopic (exact) mass is 273 g/mol. The average Bonchev–Trinajstić information content (AvgIpc) is 2.30. The molecule has 1 heterocycles. The minimum Gasteiger partial charge on any atom is -0.445 e. The van der Waals surface area contributed by atoms with Crippen molar-refractivity contribution in [2.24, 2.45) is 0 Å².